The number of nitrogens with one attached hydrogen (secondary N) is 2. The smallest absolute Gasteiger partial charge is 0.147 e. The van der Waals surface area contributed by atoms with E-state index in [0.29, 0.717) is 12.4 Å². The third-order valence-electron chi connectivity index (χ3n) is 2.57. The molecule has 0 saturated heterocycles. The predicted molar refractivity (Wildman–Crippen MR) is 67.8 cm³/mol. The second-order valence-corrected chi connectivity index (χ2v) is 3.86. The Morgan fingerprint density at radius 3 is 2.94 bits per heavy atom. The van der Waals surface area contributed by atoms with Crippen LogP contribution in [-0.4, -0.2) is 21.8 Å². The largest absolute Gasteiger partial charge is 0.493 e. The highest BCUT2D eigenvalue weighted by molar-refractivity contribution is 5.38. The van der Waals surface area contributed by atoms with E-state index in [-0.39, 0.29) is 6.04 Å². The molecule has 0 radical (unpaired) electrons. The molecule has 0 aliphatic heterocycles. The zero-order valence-electron chi connectivity index (χ0n) is 10.3. The van der Waals surface area contributed by atoms with Crippen molar-refractivity contribution in [1.82, 2.24) is 20.6 Å². The van der Waals surface area contributed by atoms with Crippen LogP contribution in [0.15, 0.2) is 30.6 Å². The number of H-pyrrole nitrogens is 1. The van der Waals surface area contributed by atoms with Gasteiger partial charge in [-0.3, -0.25) is 10.9 Å². The lowest BCUT2D eigenvalue weighted by Crippen LogP contribution is -2.30. The summed E-state index contributed by atoms with van der Waals surface area (Å²) in [6.45, 7) is 2.74. The lowest BCUT2D eigenvalue weighted by atomic mass is 10.1. The van der Waals surface area contributed by atoms with Gasteiger partial charge in [0.2, 0.25) is 0 Å². The van der Waals surface area contributed by atoms with Crippen molar-refractivity contribution in [3.63, 3.8) is 0 Å². The molecule has 0 spiro atoms. The highest BCUT2D eigenvalue weighted by atomic mass is 16.5. The van der Waals surface area contributed by atoms with Gasteiger partial charge in [0.25, 0.3) is 0 Å². The number of nitrogens with two attached hydrogens (primary N) is 1. The summed E-state index contributed by atoms with van der Waals surface area (Å²) in [4.78, 5) is 4.12. The average Bonchev–Trinajstić information content (AvgIpc) is 2.92. The molecule has 1 aromatic heterocycles. The van der Waals surface area contributed by atoms with Crippen LogP contribution in [0.5, 0.6) is 5.75 Å². The number of ether oxygens (including phenoxy) is 1. The first-order chi connectivity index (χ1) is 8.86. The van der Waals surface area contributed by atoms with Gasteiger partial charge in [0.15, 0.2) is 0 Å². The van der Waals surface area contributed by atoms with E-state index in [1.807, 2.05) is 24.3 Å². The van der Waals surface area contributed by atoms with E-state index in [4.69, 9.17) is 10.6 Å². The molecule has 0 saturated carbocycles. The lowest BCUT2D eigenvalue weighted by Gasteiger charge is -2.17. The Hall–Kier alpha value is -1.92. The first-order valence-electron chi connectivity index (χ1n) is 5.90. The molecule has 0 aliphatic rings. The molecule has 0 fully saturated rings. The summed E-state index contributed by atoms with van der Waals surface area (Å²) in [6.07, 6.45) is 2.41. The van der Waals surface area contributed by atoms with E-state index in [1.165, 1.54) is 6.33 Å². The number of hydrazine groups is 1. The van der Waals surface area contributed by atoms with E-state index in [2.05, 4.69) is 27.5 Å². The summed E-state index contributed by atoms with van der Waals surface area (Å²) in [7, 11) is 0. The SMILES string of the molecule is CCCOc1ccccc1C(NN)c1ncn[nH]1. The fraction of sp³-hybridized carbons (Fsp3) is 0.333. The minimum atomic E-state index is -0.263. The van der Waals surface area contributed by atoms with Gasteiger partial charge < -0.3 is 4.74 Å². The molecule has 6 heteroatoms. The molecule has 0 aliphatic carbocycles. The van der Waals surface area contributed by atoms with E-state index >= 15 is 0 Å². The Labute approximate surface area is 106 Å². The molecule has 18 heavy (non-hydrogen) atoms. The van der Waals surface area contributed by atoms with Gasteiger partial charge in [-0.1, -0.05) is 25.1 Å². The van der Waals surface area contributed by atoms with Crippen LogP contribution in [0.3, 0.4) is 0 Å². The van der Waals surface area contributed by atoms with Gasteiger partial charge in [0, 0.05) is 5.56 Å². The molecule has 2 rings (SSSR count). The van der Waals surface area contributed by atoms with Crippen molar-refractivity contribution < 1.29 is 4.74 Å². The number of aromatic nitrogens is 3. The van der Waals surface area contributed by atoms with Crippen LogP contribution >= 0.6 is 0 Å². The fourth-order valence-electron chi connectivity index (χ4n) is 1.73. The van der Waals surface area contributed by atoms with Crippen molar-refractivity contribution in [2.45, 2.75) is 19.4 Å². The zero-order valence-corrected chi connectivity index (χ0v) is 10.3. The molecule has 2 aromatic rings. The van der Waals surface area contributed by atoms with E-state index < -0.39 is 0 Å². The van der Waals surface area contributed by atoms with E-state index in [1.54, 1.807) is 0 Å². The average molecular weight is 247 g/mol. The molecule has 1 heterocycles. The molecular formula is C12H17N5O. The van der Waals surface area contributed by atoms with Crippen LogP contribution in [0.2, 0.25) is 0 Å². The zero-order chi connectivity index (χ0) is 12.8. The maximum atomic E-state index is 5.71. The fourth-order valence-corrected chi connectivity index (χ4v) is 1.73. The topological polar surface area (TPSA) is 88.8 Å². The van der Waals surface area contributed by atoms with Crippen LogP contribution in [0.25, 0.3) is 0 Å². The van der Waals surface area contributed by atoms with Crippen molar-refractivity contribution in [1.29, 1.82) is 0 Å². The number of nitrogens with zero attached hydrogens (tertiary/aromatic N) is 2. The Morgan fingerprint density at radius 2 is 2.28 bits per heavy atom. The number of aromatic amines is 1. The van der Waals surface area contributed by atoms with Gasteiger partial charge in [-0.15, -0.1) is 0 Å². The summed E-state index contributed by atoms with van der Waals surface area (Å²) >= 11 is 0. The summed E-state index contributed by atoms with van der Waals surface area (Å²) in [5.74, 6) is 7.06. The minimum Gasteiger partial charge on any atom is -0.493 e. The second kappa shape index (κ2) is 6.13. The Morgan fingerprint density at radius 1 is 1.44 bits per heavy atom. The van der Waals surface area contributed by atoms with Crippen LogP contribution in [0.1, 0.15) is 30.8 Å². The Bertz CT molecular complexity index is 471. The third-order valence-corrected chi connectivity index (χ3v) is 2.57. The molecule has 4 N–H and O–H groups in total. The molecule has 96 valence electrons. The van der Waals surface area contributed by atoms with Crippen molar-refractivity contribution in [3.8, 4) is 5.75 Å². The summed E-state index contributed by atoms with van der Waals surface area (Å²) in [5.41, 5.74) is 3.66. The normalized spacial score (nSPS) is 12.3. The van der Waals surface area contributed by atoms with Gasteiger partial charge in [-0.05, 0) is 12.5 Å². The quantitative estimate of drug-likeness (QED) is 0.526. The van der Waals surface area contributed by atoms with Gasteiger partial charge in [0.1, 0.15) is 23.9 Å². The molecule has 0 bridgehead atoms. The highest BCUT2D eigenvalue weighted by Gasteiger charge is 2.19. The molecule has 0 amide bonds. The molecule has 1 aromatic carbocycles. The number of benzene rings is 1. The Kier molecular flexibility index (Phi) is 4.27. The maximum Gasteiger partial charge on any atom is 0.147 e. The van der Waals surface area contributed by atoms with Crippen molar-refractivity contribution in [2.24, 2.45) is 5.84 Å². The van der Waals surface area contributed by atoms with Gasteiger partial charge >= 0.3 is 0 Å². The molecule has 1 atom stereocenters. The van der Waals surface area contributed by atoms with E-state index in [9.17, 15) is 0 Å². The highest BCUT2D eigenvalue weighted by Crippen LogP contribution is 2.27. The summed E-state index contributed by atoms with van der Waals surface area (Å²) in [6, 6.07) is 7.49. The number of para-hydroxylation sites is 1. The van der Waals surface area contributed by atoms with Crippen LogP contribution < -0.4 is 16.0 Å². The molecule has 1 unspecified atom stereocenters. The molecule has 6 nitrogen and oxygen atoms in total. The van der Waals surface area contributed by atoms with Gasteiger partial charge in [-0.2, -0.15) is 5.10 Å². The second-order valence-electron chi connectivity index (χ2n) is 3.86. The number of hydrogen-bond acceptors (Lipinski definition) is 5. The van der Waals surface area contributed by atoms with Crippen LogP contribution in [-0.2, 0) is 0 Å². The van der Waals surface area contributed by atoms with E-state index in [0.717, 1.165) is 17.7 Å². The minimum absolute atomic E-state index is 0.263. The summed E-state index contributed by atoms with van der Waals surface area (Å²) < 4.78 is 5.71. The van der Waals surface area contributed by atoms with Crippen LogP contribution in [0, 0.1) is 0 Å². The first kappa shape index (κ1) is 12.5. The number of hydrogen-bond donors (Lipinski definition) is 3. The Balaban J connectivity index is 2.30. The van der Waals surface area contributed by atoms with Crippen molar-refractivity contribution in [3.05, 3.63) is 42.0 Å². The van der Waals surface area contributed by atoms with Crippen LogP contribution in [0.4, 0.5) is 0 Å². The van der Waals surface area contributed by atoms with Crippen molar-refractivity contribution in [2.75, 3.05) is 6.61 Å². The first-order valence-corrected chi connectivity index (χ1v) is 5.90. The van der Waals surface area contributed by atoms with Crippen molar-refractivity contribution >= 4 is 0 Å². The standard InChI is InChI=1S/C12H17N5O/c1-2-7-18-10-6-4-3-5-9(10)11(16-13)12-14-8-15-17-12/h3-6,8,11,16H,2,7,13H2,1H3,(H,14,15,17). The monoisotopic (exact) mass is 247 g/mol. The third kappa shape index (κ3) is 2.66. The maximum absolute atomic E-state index is 5.71. The summed E-state index contributed by atoms with van der Waals surface area (Å²) in [5, 5.41) is 6.65. The van der Waals surface area contributed by atoms with Gasteiger partial charge in [-0.25, -0.2) is 10.4 Å². The predicted octanol–water partition coefficient (Wildman–Crippen LogP) is 1.15. The van der Waals surface area contributed by atoms with Gasteiger partial charge in [0.05, 0.1) is 6.61 Å². The molecular weight excluding hydrogens is 230 g/mol. The number of rotatable bonds is 6. The lowest BCUT2D eigenvalue weighted by molar-refractivity contribution is 0.311.